The van der Waals surface area contributed by atoms with Crippen LogP contribution in [0.4, 0.5) is 4.39 Å². The summed E-state index contributed by atoms with van der Waals surface area (Å²) in [7, 11) is 2.99. The molecule has 4 rings (SSSR count). The lowest BCUT2D eigenvalue weighted by Crippen LogP contribution is -2.20. The molecule has 37 heavy (non-hydrogen) atoms. The lowest BCUT2D eigenvalue weighted by atomic mass is 9.81. The molecule has 0 aromatic heterocycles. The van der Waals surface area contributed by atoms with E-state index in [1.165, 1.54) is 18.7 Å². The van der Waals surface area contributed by atoms with Crippen LogP contribution in [0.25, 0.3) is 11.1 Å². The number of rotatable bonds is 8. The SMILES string of the molecule is C=CC(C(=O)OC)[C@H]1CCc2ccc(OCc3ccc(-c4cc(OC)ccc4F)c(C(C)(C)C)c3)cc21. The summed E-state index contributed by atoms with van der Waals surface area (Å²) in [6, 6.07) is 16.9. The van der Waals surface area contributed by atoms with Crippen molar-refractivity contribution in [2.24, 2.45) is 5.92 Å². The fourth-order valence-electron chi connectivity index (χ4n) is 5.18. The van der Waals surface area contributed by atoms with Crippen LogP contribution in [0.5, 0.6) is 11.5 Å². The van der Waals surface area contributed by atoms with Gasteiger partial charge in [0, 0.05) is 11.5 Å². The number of hydrogen-bond donors (Lipinski definition) is 0. The van der Waals surface area contributed by atoms with Crippen molar-refractivity contribution in [3.05, 3.63) is 95.3 Å². The number of ether oxygens (including phenoxy) is 3. The first-order valence-corrected chi connectivity index (χ1v) is 12.6. The third-order valence-electron chi connectivity index (χ3n) is 7.16. The summed E-state index contributed by atoms with van der Waals surface area (Å²) >= 11 is 0. The third-order valence-corrected chi connectivity index (χ3v) is 7.16. The minimum atomic E-state index is -0.375. The van der Waals surface area contributed by atoms with Crippen molar-refractivity contribution in [1.82, 2.24) is 0 Å². The van der Waals surface area contributed by atoms with Gasteiger partial charge in [-0.25, -0.2) is 4.39 Å². The molecule has 0 amide bonds. The zero-order chi connectivity index (χ0) is 26.7. The van der Waals surface area contributed by atoms with Gasteiger partial charge in [0.05, 0.1) is 20.1 Å². The fraction of sp³-hybridized carbons (Fsp3) is 0.344. The van der Waals surface area contributed by atoms with Gasteiger partial charge in [0.25, 0.3) is 0 Å². The smallest absolute Gasteiger partial charge is 0.313 e. The molecule has 0 N–H and O–H groups in total. The second-order valence-electron chi connectivity index (χ2n) is 10.6. The molecule has 0 aliphatic heterocycles. The number of aryl methyl sites for hydroxylation is 1. The molecule has 0 radical (unpaired) electrons. The Morgan fingerprint density at radius 3 is 2.49 bits per heavy atom. The van der Waals surface area contributed by atoms with Crippen LogP contribution in [0.15, 0.2) is 67.3 Å². The highest BCUT2D eigenvalue weighted by Gasteiger charge is 2.33. The molecule has 3 aromatic rings. The monoisotopic (exact) mass is 502 g/mol. The minimum absolute atomic E-state index is 0.0352. The van der Waals surface area contributed by atoms with Crippen LogP contribution in [0.3, 0.4) is 0 Å². The summed E-state index contributed by atoms with van der Waals surface area (Å²) in [6.45, 7) is 10.6. The standard InChI is InChI=1S/C32H35FO4/c1-7-24(31(34)36-6)25-14-10-21-9-11-23(18-27(21)25)37-19-20-8-13-26(29(16-20)32(2,3)4)28-17-22(35-5)12-15-30(28)33/h7-9,11-13,15-18,24-25H,1,10,14,19H2,2-6H3/t24?,25-/m1/s1. The van der Waals surface area contributed by atoms with Gasteiger partial charge in [0.1, 0.15) is 23.9 Å². The molecule has 0 bridgehead atoms. The molecule has 1 aliphatic carbocycles. The average Bonchev–Trinajstić information content (AvgIpc) is 3.30. The second-order valence-corrected chi connectivity index (χ2v) is 10.6. The Morgan fingerprint density at radius 2 is 1.81 bits per heavy atom. The van der Waals surface area contributed by atoms with Crippen molar-refractivity contribution < 1.29 is 23.4 Å². The molecule has 0 spiro atoms. The molecule has 0 heterocycles. The largest absolute Gasteiger partial charge is 0.497 e. The van der Waals surface area contributed by atoms with E-state index >= 15 is 0 Å². The maximum Gasteiger partial charge on any atom is 0.313 e. The number of fused-ring (bicyclic) bond motifs is 1. The number of hydrogen-bond acceptors (Lipinski definition) is 4. The van der Waals surface area contributed by atoms with E-state index in [1.807, 2.05) is 24.3 Å². The van der Waals surface area contributed by atoms with E-state index in [0.717, 1.165) is 40.8 Å². The summed E-state index contributed by atoms with van der Waals surface area (Å²) in [5, 5.41) is 0. The molecule has 3 aromatic carbocycles. The van der Waals surface area contributed by atoms with Gasteiger partial charge < -0.3 is 14.2 Å². The Bertz CT molecular complexity index is 1300. The Balaban J connectivity index is 1.60. The normalized spacial score (nSPS) is 15.6. The van der Waals surface area contributed by atoms with Gasteiger partial charge >= 0.3 is 5.97 Å². The summed E-state index contributed by atoms with van der Waals surface area (Å²) in [5.74, 6) is 0.477. The Hall–Kier alpha value is -3.60. The first-order chi connectivity index (χ1) is 17.7. The topological polar surface area (TPSA) is 44.8 Å². The number of carbonyl (C=O) groups is 1. The Kier molecular flexibility index (Phi) is 7.72. The average molecular weight is 503 g/mol. The number of methoxy groups -OCH3 is 2. The molecule has 0 fully saturated rings. The van der Waals surface area contributed by atoms with Crippen LogP contribution in [0.2, 0.25) is 0 Å². The summed E-state index contributed by atoms with van der Waals surface area (Å²) in [6.07, 6.45) is 3.47. The quantitative estimate of drug-likeness (QED) is 0.238. The maximum absolute atomic E-state index is 14.8. The predicted molar refractivity (Wildman–Crippen MR) is 145 cm³/mol. The van der Waals surface area contributed by atoms with Crippen LogP contribution >= 0.6 is 0 Å². The first kappa shape index (κ1) is 26.5. The molecule has 5 heteroatoms. The molecule has 194 valence electrons. The van der Waals surface area contributed by atoms with Crippen LogP contribution in [-0.2, 0) is 28.0 Å². The van der Waals surface area contributed by atoms with Gasteiger partial charge in [-0.15, -0.1) is 6.58 Å². The molecule has 0 saturated carbocycles. The van der Waals surface area contributed by atoms with Gasteiger partial charge in [-0.1, -0.05) is 51.1 Å². The summed E-state index contributed by atoms with van der Waals surface area (Å²) in [5.41, 5.74) is 5.51. The fourth-order valence-corrected chi connectivity index (χ4v) is 5.18. The van der Waals surface area contributed by atoms with Crippen molar-refractivity contribution in [3.8, 4) is 22.6 Å². The van der Waals surface area contributed by atoms with E-state index in [4.69, 9.17) is 14.2 Å². The van der Waals surface area contributed by atoms with E-state index in [2.05, 4.69) is 39.5 Å². The third kappa shape index (κ3) is 5.56. The number of halogens is 1. The van der Waals surface area contributed by atoms with Crippen molar-refractivity contribution in [2.45, 2.75) is 51.6 Å². The molecular formula is C32H35FO4. The second kappa shape index (κ2) is 10.8. The van der Waals surface area contributed by atoms with E-state index in [9.17, 15) is 9.18 Å². The molecule has 0 saturated heterocycles. The number of benzene rings is 3. The van der Waals surface area contributed by atoms with Gasteiger partial charge in [-0.3, -0.25) is 4.79 Å². The van der Waals surface area contributed by atoms with Gasteiger partial charge in [0.15, 0.2) is 0 Å². The first-order valence-electron chi connectivity index (χ1n) is 12.6. The zero-order valence-electron chi connectivity index (χ0n) is 22.3. The highest BCUT2D eigenvalue weighted by atomic mass is 19.1. The number of carbonyl (C=O) groups excluding carboxylic acids is 1. The van der Waals surface area contributed by atoms with Crippen molar-refractivity contribution in [2.75, 3.05) is 14.2 Å². The molecular weight excluding hydrogens is 467 g/mol. The van der Waals surface area contributed by atoms with Crippen molar-refractivity contribution in [1.29, 1.82) is 0 Å². The highest BCUT2D eigenvalue weighted by Crippen LogP contribution is 2.41. The van der Waals surface area contributed by atoms with Crippen molar-refractivity contribution in [3.63, 3.8) is 0 Å². The summed E-state index contributed by atoms with van der Waals surface area (Å²) in [4.78, 5) is 12.3. The van der Waals surface area contributed by atoms with E-state index in [-0.39, 0.29) is 29.0 Å². The number of esters is 1. The molecule has 4 nitrogen and oxygen atoms in total. The Labute approximate surface area is 219 Å². The lowest BCUT2D eigenvalue weighted by molar-refractivity contribution is -0.144. The van der Waals surface area contributed by atoms with Crippen molar-refractivity contribution >= 4 is 5.97 Å². The van der Waals surface area contributed by atoms with E-state index in [1.54, 1.807) is 25.3 Å². The zero-order valence-corrected chi connectivity index (χ0v) is 22.3. The molecule has 1 unspecified atom stereocenters. The van der Waals surface area contributed by atoms with Crippen LogP contribution in [0.1, 0.15) is 55.4 Å². The maximum atomic E-state index is 14.8. The summed E-state index contributed by atoms with van der Waals surface area (Å²) < 4.78 is 31.3. The molecule has 1 aliphatic rings. The van der Waals surface area contributed by atoms with E-state index in [0.29, 0.717) is 17.9 Å². The highest BCUT2D eigenvalue weighted by molar-refractivity contribution is 5.76. The van der Waals surface area contributed by atoms with Gasteiger partial charge in [-0.05, 0) is 76.4 Å². The Morgan fingerprint density at radius 1 is 1.05 bits per heavy atom. The van der Waals surface area contributed by atoms with Crippen LogP contribution in [-0.4, -0.2) is 20.2 Å². The van der Waals surface area contributed by atoms with Crippen LogP contribution in [0, 0.1) is 11.7 Å². The predicted octanol–water partition coefficient (Wildman–Crippen LogP) is 7.38. The van der Waals surface area contributed by atoms with E-state index < -0.39 is 0 Å². The van der Waals surface area contributed by atoms with Gasteiger partial charge in [-0.2, -0.15) is 0 Å². The van der Waals surface area contributed by atoms with Crippen LogP contribution < -0.4 is 9.47 Å². The molecule has 2 atom stereocenters. The minimum Gasteiger partial charge on any atom is -0.497 e. The lowest BCUT2D eigenvalue weighted by Gasteiger charge is -2.25. The van der Waals surface area contributed by atoms with Gasteiger partial charge in [0.2, 0.25) is 0 Å².